The summed E-state index contributed by atoms with van der Waals surface area (Å²) in [4.78, 5) is 11.0. The number of hydrogen-bond donors (Lipinski definition) is 2. The molecule has 90 valence electrons. The number of fused-ring (bicyclic) bond motifs is 1. The van der Waals surface area contributed by atoms with Crippen molar-refractivity contribution in [1.29, 1.82) is 0 Å². The highest BCUT2D eigenvalue weighted by Crippen LogP contribution is 2.34. The lowest BCUT2D eigenvalue weighted by Gasteiger charge is -2.09. The molecule has 1 aromatic heterocycles. The van der Waals surface area contributed by atoms with Gasteiger partial charge in [0.2, 0.25) is 0 Å². The molecule has 1 heterocycles. The molecule has 4 nitrogen and oxygen atoms in total. The molecule has 0 fully saturated rings. The molecule has 4 N–H and O–H groups in total. The van der Waals surface area contributed by atoms with Gasteiger partial charge in [0.1, 0.15) is 5.58 Å². The Morgan fingerprint density at radius 1 is 1.24 bits per heavy atom. The number of alkyl halides is 3. The molecule has 7 heteroatoms. The summed E-state index contributed by atoms with van der Waals surface area (Å²) in [6, 6.07) is 4.39. The van der Waals surface area contributed by atoms with Crippen LogP contribution in [0, 0.1) is 0 Å². The van der Waals surface area contributed by atoms with E-state index in [4.69, 9.17) is 4.42 Å². The second-order valence-electron chi connectivity index (χ2n) is 3.36. The van der Waals surface area contributed by atoms with Crippen molar-refractivity contribution in [1.82, 2.24) is 0 Å². The summed E-state index contributed by atoms with van der Waals surface area (Å²) in [6.07, 6.45) is -4.59. The van der Waals surface area contributed by atoms with Crippen molar-refractivity contribution in [2.75, 3.05) is 5.43 Å². The van der Waals surface area contributed by atoms with E-state index in [-0.39, 0.29) is 11.0 Å². The fourth-order valence-corrected chi connectivity index (χ4v) is 1.51. The summed E-state index contributed by atoms with van der Waals surface area (Å²) in [5, 5.41) is -0.156. The topological polar surface area (TPSA) is 69.9 Å². The minimum Gasteiger partial charge on any atom is -0.423 e. The fourth-order valence-electron chi connectivity index (χ4n) is 1.51. The van der Waals surface area contributed by atoms with Gasteiger partial charge in [-0.25, -0.2) is 10.2 Å². The van der Waals surface area contributed by atoms with Gasteiger partial charge in [-0.05, 0) is 12.1 Å². The number of nitrogens with one attached hydrogen (secondary N) is 1. The number of halogens is 3. The highest BCUT2D eigenvalue weighted by atomic mass is 19.4. The van der Waals surface area contributed by atoms with Crippen molar-refractivity contribution in [2.24, 2.45) is 0 Å². The van der Waals surface area contributed by atoms with Gasteiger partial charge in [-0.3, -0.25) is 5.84 Å². The lowest BCUT2D eigenvalue weighted by Crippen LogP contribution is -2.56. The van der Waals surface area contributed by atoms with Crippen LogP contribution in [-0.2, 0) is 6.18 Å². The molecular formula is C10H8F3N2O2+. The molecule has 0 aliphatic carbocycles. The first-order valence-electron chi connectivity index (χ1n) is 4.60. The summed E-state index contributed by atoms with van der Waals surface area (Å²) >= 11 is 0. The third-order valence-electron chi connectivity index (χ3n) is 2.25. The lowest BCUT2D eigenvalue weighted by molar-refractivity contribution is -0.325. The van der Waals surface area contributed by atoms with Crippen molar-refractivity contribution in [3.63, 3.8) is 0 Å². The Balaban J connectivity index is 2.82. The first kappa shape index (κ1) is 11.5. The molecule has 0 radical (unpaired) electrons. The molecule has 0 aliphatic rings. The predicted molar refractivity (Wildman–Crippen MR) is 54.0 cm³/mol. The molecule has 0 spiro atoms. The smallest absolute Gasteiger partial charge is 0.417 e. The molecule has 0 unspecified atom stereocenters. The maximum absolute atomic E-state index is 12.7. The Morgan fingerprint density at radius 3 is 2.53 bits per heavy atom. The van der Waals surface area contributed by atoms with Gasteiger partial charge >= 0.3 is 11.8 Å². The van der Waals surface area contributed by atoms with Gasteiger partial charge < -0.3 is 4.42 Å². The van der Waals surface area contributed by atoms with E-state index in [1.807, 2.05) is 0 Å². The molecule has 0 saturated carbocycles. The van der Waals surface area contributed by atoms with Crippen molar-refractivity contribution < 1.29 is 23.4 Å². The zero-order valence-corrected chi connectivity index (χ0v) is 8.47. The molecule has 17 heavy (non-hydrogen) atoms. The van der Waals surface area contributed by atoms with Gasteiger partial charge in [0.25, 0.3) is 0 Å². The maximum atomic E-state index is 12.7. The number of benzene rings is 1. The lowest BCUT2D eigenvalue weighted by atomic mass is 10.1. The van der Waals surface area contributed by atoms with E-state index in [1.165, 1.54) is 18.2 Å². The average Bonchev–Trinajstić information content (AvgIpc) is 2.25. The van der Waals surface area contributed by atoms with E-state index in [9.17, 15) is 18.0 Å². The number of rotatable bonds is 1. The molecule has 2 rings (SSSR count). The van der Waals surface area contributed by atoms with Crippen LogP contribution in [0.1, 0.15) is 5.56 Å². The van der Waals surface area contributed by atoms with Crippen LogP contribution in [0.4, 0.5) is 18.9 Å². The molecule has 0 aliphatic heterocycles. The van der Waals surface area contributed by atoms with Crippen molar-refractivity contribution in [2.45, 2.75) is 6.18 Å². The summed E-state index contributed by atoms with van der Waals surface area (Å²) in [5.41, 5.74) is 0.799. The standard InChI is InChI=1S/C10H7F3N2O2/c11-10(12,13)7-4-9(16)17-8-3-5(15-14)1-2-6(7)8/h1-4,15H,14H2/p+1. The first-order chi connectivity index (χ1) is 7.91. The SMILES string of the molecule is [NH3+]Nc1ccc2c(C(F)(F)F)cc(=O)oc2c1. The Hall–Kier alpha value is -2.02. The molecule has 1 aromatic carbocycles. The summed E-state index contributed by atoms with van der Waals surface area (Å²) in [5.74, 6) is 3.36. The molecule has 0 saturated heterocycles. The van der Waals surface area contributed by atoms with E-state index in [0.29, 0.717) is 11.8 Å². The Morgan fingerprint density at radius 2 is 1.94 bits per heavy atom. The van der Waals surface area contributed by atoms with Crippen molar-refractivity contribution >= 4 is 16.7 Å². The first-order valence-corrected chi connectivity index (χ1v) is 4.60. The molecule has 0 bridgehead atoms. The van der Waals surface area contributed by atoms with Crippen LogP contribution in [-0.4, -0.2) is 0 Å². The zero-order chi connectivity index (χ0) is 12.6. The van der Waals surface area contributed by atoms with E-state index >= 15 is 0 Å². The second-order valence-corrected chi connectivity index (χ2v) is 3.36. The minimum atomic E-state index is -4.59. The minimum absolute atomic E-state index is 0.126. The number of anilines is 1. The van der Waals surface area contributed by atoms with Crippen LogP contribution < -0.4 is 16.9 Å². The van der Waals surface area contributed by atoms with E-state index in [1.54, 1.807) is 0 Å². The van der Waals surface area contributed by atoms with Crippen LogP contribution in [0.2, 0.25) is 0 Å². The number of quaternary nitrogens is 1. The van der Waals surface area contributed by atoms with Gasteiger partial charge in [-0.1, -0.05) is 0 Å². The molecular weight excluding hydrogens is 237 g/mol. The quantitative estimate of drug-likeness (QED) is 0.589. The molecule has 2 aromatic rings. The van der Waals surface area contributed by atoms with Gasteiger partial charge in [0, 0.05) is 17.5 Å². The Kier molecular flexibility index (Phi) is 2.55. The van der Waals surface area contributed by atoms with E-state index in [0.717, 1.165) is 0 Å². The summed E-state index contributed by atoms with van der Waals surface area (Å²) < 4.78 is 42.7. The van der Waals surface area contributed by atoms with E-state index < -0.39 is 17.4 Å². The summed E-state index contributed by atoms with van der Waals surface area (Å²) in [7, 11) is 0. The van der Waals surface area contributed by atoms with E-state index in [2.05, 4.69) is 11.3 Å². The van der Waals surface area contributed by atoms with Crippen LogP contribution in [0.25, 0.3) is 11.0 Å². The maximum Gasteiger partial charge on any atom is 0.417 e. The number of hydrogen-bond acceptors (Lipinski definition) is 3. The van der Waals surface area contributed by atoms with Crippen molar-refractivity contribution in [3.8, 4) is 0 Å². The summed E-state index contributed by atoms with van der Waals surface area (Å²) in [6.45, 7) is 0. The fraction of sp³-hybridized carbons (Fsp3) is 0.100. The third kappa shape index (κ3) is 2.09. The van der Waals surface area contributed by atoms with Gasteiger partial charge in [-0.15, -0.1) is 0 Å². The Labute approximate surface area is 92.8 Å². The highest BCUT2D eigenvalue weighted by Gasteiger charge is 2.33. The second kappa shape index (κ2) is 3.77. The largest absolute Gasteiger partial charge is 0.423 e. The molecule has 0 atom stereocenters. The van der Waals surface area contributed by atoms with Gasteiger partial charge in [0.05, 0.1) is 11.3 Å². The predicted octanol–water partition coefficient (Wildman–Crippen LogP) is 1.38. The highest BCUT2D eigenvalue weighted by molar-refractivity contribution is 5.83. The zero-order valence-electron chi connectivity index (χ0n) is 8.47. The van der Waals surface area contributed by atoms with Crippen LogP contribution >= 0.6 is 0 Å². The molecule has 0 amide bonds. The van der Waals surface area contributed by atoms with Crippen LogP contribution in [0.5, 0.6) is 0 Å². The normalized spacial score (nSPS) is 11.8. The van der Waals surface area contributed by atoms with Crippen LogP contribution in [0.15, 0.2) is 33.5 Å². The average molecular weight is 245 g/mol. The van der Waals surface area contributed by atoms with Gasteiger partial charge in [0.15, 0.2) is 0 Å². The van der Waals surface area contributed by atoms with Crippen molar-refractivity contribution in [3.05, 3.63) is 40.2 Å². The Bertz CT molecular complexity index is 619. The third-order valence-corrected chi connectivity index (χ3v) is 2.25. The monoisotopic (exact) mass is 245 g/mol. The van der Waals surface area contributed by atoms with Gasteiger partial charge in [-0.2, -0.15) is 13.2 Å². The van der Waals surface area contributed by atoms with Crippen LogP contribution in [0.3, 0.4) is 0 Å².